The molecule has 0 radical (unpaired) electrons. The van der Waals surface area contributed by atoms with Gasteiger partial charge in [-0.3, -0.25) is 4.79 Å². The van der Waals surface area contributed by atoms with Gasteiger partial charge < -0.3 is 4.84 Å². The van der Waals surface area contributed by atoms with Crippen molar-refractivity contribution in [3.8, 4) is 5.75 Å². The Balaban J connectivity index is 2.50. The van der Waals surface area contributed by atoms with Gasteiger partial charge in [-0.25, -0.2) is 0 Å². The first-order chi connectivity index (χ1) is 8.77. The Hall–Kier alpha value is -1.51. The summed E-state index contributed by atoms with van der Waals surface area (Å²) in [6.07, 6.45) is 5.89. The Morgan fingerprint density at radius 1 is 1.17 bits per heavy atom. The van der Waals surface area contributed by atoms with Gasteiger partial charge in [0.15, 0.2) is 5.75 Å². The highest BCUT2D eigenvalue weighted by Crippen LogP contribution is 2.19. The van der Waals surface area contributed by atoms with E-state index in [2.05, 4.69) is 18.5 Å². The highest BCUT2D eigenvalue weighted by molar-refractivity contribution is 5.74. The molecule has 0 aliphatic carbocycles. The summed E-state index contributed by atoms with van der Waals surface area (Å²) in [4.78, 5) is 16.7. The highest BCUT2D eigenvalue weighted by Gasteiger charge is 2.05. The second-order valence-electron chi connectivity index (χ2n) is 4.44. The Morgan fingerprint density at radius 3 is 2.67 bits per heavy atom. The van der Waals surface area contributed by atoms with Crippen molar-refractivity contribution in [2.75, 3.05) is 0 Å². The molecular formula is C15H23NO2. The highest BCUT2D eigenvalue weighted by atomic mass is 16.7. The maximum atomic E-state index is 11.4. The molecule has 0 atom stereocenters. The summed E-state index contributed by atoms with van der Waals surface area (Å²) in [6.45, 7) is 4.16. The number of hydroxylamine groups is 1. The molecular weight excluding hydrogens is 226 g/mol. The molecule has 0 saturated carbocycles. The van der Waals surface area contributed by atoms with Crippen LogP contribution in [0.25, 0.3) is 0 Å². The molecule has 1 rings (SSSR count). The quantitative estimate of drug-likeness (QED) is 0.564. The van der Waals surface area contributed by atoms with Gasteiger partial charge in [0.2, 0.25) is 0 Å². The minimum absolute atomic E-state index is 0.0686. The van der Waals surface area contributed by atoms with Crippen molar-refractivity contribution < 1.29 is 9.63 Å². The zero-order chi connectivity index (χ0) is 13.2. The van der Waals surface area contributed by atoms with E-state index in [0.29, 0.717) is 6.42 Å². The molecule has 0 fully saturated rings. The largest absolute Gasteiger partial charge is 0.379 e. The average Bonchev–Trinajstić information content (AvgIpc) is 2.38. The van der Waals surface area contributed by atoms with Gasteiger partial charge in [0.25, 0.3) is 5.91 Å². The van der Waals surface area contributed by atoms with Gasteiger partial charge >= 0.3 is 0 Å². The number of carbonyl (C=O) groups is 1. The first-order valence-electron chi connectivity index (χ1n) is 6.81. The van der Waals surface area contributed by atoms with E-state index in [1.807, 2.05) is 25.1 Å². The molecule has 0 saturated heterocycles. The Bertz CT molecular complexity index is 363. The SMILES string of the molecule is CCCCCc1ccccc1ONC(=O)CCC. The van der Waals surface area contributed by atoms with Gasteiger partial charge in [-0.15, -0.1) is 0 Å². The van der Waals surface area contributed by atoms with Gasteiger partial charge in [-0.2, -0.15) is 5.48 Å². The number of rotatable bonds is 8. The lowest BCUT2D eigenvalue weighted by Crippen LogP contribution is -2.26. The number of hydrogen-bond acceptors (Lipinski definition) is 2. The molecule has 0 spiro atoms. The molecule has 0 heterocycles. The van der Waals surface area contributed by atoms with Gasteiger partial charge in [0.1, 0.15) is 0 Å². The van der Waals surface area contributed by atoms with E-state index in [0.717, 1.165) is 30.6 Å². The topological polar surface area (TPSA) is 38.3 Å². The number of aryl methyl sites for hydroxylation is 1. The van der Waals surface area contributed by atoms with Crippen molar-refractivity contribution in [3.05, 3.63) is 29.8 Å². The third-order valence-electron chi connectivity index (χ3n) is 2.77. The molecule has 100 valence electrons. The van der Waals surface area contributed by atoms with Gasteiger partial charge in [0.05, 0.1) is 0 Å². The van der Waals surface area contributed by atoms with Crippen molar-refractivity contribution in [1.29, 1.82) is 0 Å². The van der Waals surface area contributed by atoms with Gasteiger partial charge in [-0.05, 0) is 30.9 Å². The van der Waals surface area contributed by atoms with E-state index in [4.69, 9.17) is 4.84 Å². The summed E-state index contributed by atoms with van der Waals surface area (Å²) >= 11 is 0. The normalized spacial score (nSPS) is 10.1. The number of unbranched alkanes of at least 4 members (excludes halogenated alkanes) is 2. The molecule has 0 aliphatic rings. The molecule has 3 heteroatoms. The fourth-order valence-electron chi connectivity index (χ4n) is 1.77. The van der Waals surface area contributed by atoms with Crippen LogP contribution in [-0.4, -0.2) is 5.91 Å². The monoisotopic (exact) mass is 249 g/mol. The van der Waals surface area contributed by atoms with Crippen LogP contribution in [0.5, 0.6) is 5.75 Å². The van der Waals surface area contributed by atoms with Crippen LogP contribution in [0.15, 0.2) is 24.3 Å². The van der Waals surface area contributed by atoms with Crippen LogP contribution in [0, 0.1) is 0 Å². The molecule has 0 aliphatic heterocycles. The zero-order valence-electron chi connectivity index (χ0n) is 11.4. The molecule has 0 unspecified atom stereocenters. The van der Waals surface area contributed by atoms with E-state index in [1.165, 1.54) is 12.8 Å². The number of amides is 1. The fourth-order valence-corrected chi connectivity index (χ4v) is 1.77. The summed E-state index contributed by atoms with van der Waals surface area (Å²) in [5.41, 5.74) is 3.65. The van der Waals surface area contributed by atoms with Crippen LogP contribution in [0.3, 0.4) is 0 Å². The lowest BCUT2D eigenvalue weighted by atomic mass is 10.1. The Morgan fingerprint density at radius 2 is 1.94 bits per heavy atom. The lowest BCUT2D eigenvalue weighted by molar-refractivity contribution is -0.127. The molecule has 1 N–H and O–H groups in total. The second kappa shape index (κ2) is 8.56. The first-order valence-corrected chi connectivity index (χ1v) is 6.81. The Labute approximate surface area is 109 Å². The van der Waals surface area contributed by atoms with Crippen molar-refractivity contribution in [2.45, 2.75) is 52.4 Å². The van der Waals surface area contributed by atoms with E-state index in [1.54, 1.807) is 0 Å². The fraction of sp³-hybridized carbons (Fsp3) is 0.533. The van der Waals surface area contributed by atoms with Crippen LogP contribution in [0.4, 0.5) is 0 Å². The van der Waals surface area contributed by atoms with Gasteiger partial charge in [0, 0.05) is 6.42 Å². The van der Waals surface area contributed by atoms with Crippen molar-refractivity contribution in [2.24, 2.45) is 0 Å². The Kier molecular flexibility index (Phi) is 6.92. The van der Waals surface area contributed by atoms with Crippen LogP contribution < -0.4 is 10.3 Å². The zero-order valence-corrected chi connectivity index (χ0v) is 11.4. The minimum Gasteiger partial charge on any atom is -0.379 e. The minimum atomic E-state index is -0.0686. The smallest absolute Gasteiger partial charge is 0.252 e. The van der Waals surface area contributed by atoms with Crippen molar-refractivity contribution in [1.82, 2.24) is 5.48 Å². The van der Waals surface area contributed by atoms with Crippen LogP contribution >= 0.6 is 0 Å². The summed E-state index contributed by atoms with van der Waals surface area (Å²) in [6, 6.07) is 7.87. The van der Waals surface area contributed by atoms with Crippen LogP contribution in [-0.2, 0) is 11.2 Å². The standard InChI is InChI=1S/C15H23NO2/c1-3-5-6-10-13-11-7-8-12-14(13)18-16-15(17)9-4-2/h7-8,11-12H,3-6,9-10H2,1-2H3,(H,16,17). The number of hydrogen-bond donors (Lipinski definition) is 1. The second-order valence-corrected chi connectivity index (χ2v) is 4.44. The summed E-state index contributed by atoms with van der Waals surface area (Å²) in [7, 11) is 0. The predicted molar refractivity (Wildman–Crippen MR) is 73.3 cm³/mol. The summed E-state index contributed by atoms with van der Waals surface area (Å²) in [5, 5.41) is 0. The van der Waals surface area contributed by atoms with Crippen molar-refractivity contribution >= 4 is 5.91 Å². The molecule has 1 aromatic rings. The van der Waals surface area contributed by atoms with Crippen LogP contribution in [0.1, 0.15) is 51.5 Å². The predicted octanol–water partition coefficient (Wildman–Crippen LogP) is 3.63. The molecule has 0 bridgehead atoms. The summed E-state index contributed by atoms with van der Waals surface area (Å²) < 4.78 is 0. The van der Waals surface area contributed by atoms with E-state index in [9.17, 15) is 4.79 Å². The van der Waals surface area contributed by atoms with E-state index in [-0.39, 0.29) is 5.91 Å². The maximum Gasteiger partial charge on any atom is 0.252 e. The summed E-state index contributed by atoms with van der Waals surface area (Å²) in [5.74, 6) is 0.693. The van der Waals surface area contributed by atoms with Crippen molar-refractivity contribution in [3.63, 3.8) is 0 Å². The molecule has 1 amide bonds. The number of para-hydroxylation sites is 1. The molecule has 18 heavy (non-hydrogen) atoms. The van der Waals surface area contributed by atoms with Gasteiger partial charge in [-0.1, -0.05) is 44.9 Å². The molecule has 1 aromatic carbocycles. The van der Waals surface area contributed by atoms with E-state index >= 15 is 0 Å². The molecule has 3 nitrogen and oxygen atoms in total. The first kappa shape index (κ1) is 14.6. The lowest BCUT2D eigenvalue weighted by Gasteiger charge is -2.11. The molecule has 0 aromatic heterocycles. The third-order valence-corrected chi connectivity index (χ3v) is 2.77. The number of carbonyl (C=O) groups excluding carboxylic acids is 1. The van der Waals surface area contributed by atoms with E-state index < -0.39 is 0 Å². The number of nitrogens with one attached hydrogen (secondary N) is 1. The number of benzene rings is 1. The maximum absolute atomic E-state index is 11.4. The van der Waals surface area contributed by atoms with Crippen LogP contribution in [0.2, 0.25) is 0 Å². The third kappa shape index (κ3) is 5.21. The average molecular weight is 249 g/mol.